The molecule has 0 atom stereocenters. The zero-order chi connectivity index (χ0) is 14.7. The van der Waals surface area contributed by atoms with Crippen molar-refractivity contribution in [2.45, 2.75) is 96.7 Å². The molecule has 0 amide bonds. The van der Waals surface area contributed by atoms with Gasteiger partial charge < -0.3 is 0 Å². The third kappa shape index (κ3) is 8.85. The van der Waals surface area contributed by atoms with Crippen LogP contribution in [-0.4, -0.2) is 27.6 Å². The first-order valence-corrected chi connectivity index (χ1v) is 18.9. The monoisotopic (exact) mass is 334 g/mol. The molecule has 0 radical (unpaired) electrons. The van der Waals surface area contributed by atoms with Gasteiger partial charge in [0.15, 0.2) is 0 Å². The lowest BCUT2D eigenvalue weighted by Gasteiger charge is -2.28. The van der Waals surface area contributed by atoms with Crippen LogP contribution in [0.1, 0.15) is 80.1 Å². The van der Waals surface area contributed by atoms with Crippen molar-refractivity contribution in [2.24, 2.45) is 0 Å². The second kappa shape index (κ2) is 12.8. The molecular weight excluding hydrogens is 295 g/mol. The Hall–Kier alpha value is 1.08. The average Bonchev–Trinajstić information content (AvgIpc) is 2.46. The molecular formula is C15H39PSi3. The molecule has 116 valence electrons. The van der Waals surface area contributed by atoms with Gasteiger partial charge in [-0.2, -0.15) is 6.57 Å². The van der Waals surface area contributed by atoms with Crippen molar-refractivity contribution in [1.82, 2.24) is 0 Å². The molecule has 0 rings (SSSR count). The molecule has 0 aromatic carbocycles. The van der Waals surface area contributed by atoms with Gasteiger partial charge in [-0.3, -0.25) is 0 Å². The van der Waals surface area contributed by atoms with E-state index in [1.807, 2.05) is 0 Å². The Kier molecular flexibility index (Phi) is 13.5. The summed E-state index contributed by atoms with van der Waals surface area (Å²) in [6.07, 6.45) is 8.98. The molecule has 0 nitrogen and oxygen atoms in total. The van der Waals surface area contributed by atoms with Gasteiger partial charge in [0.2, 0.25) is 0 Å². The van der Waals surface area contributed by atoms with E-state index in [9.17, 15) is 0 Å². The van der Waals surface area contributed by atoms with Crippen LogP contribution in [0.15, 0.2) is 0 Å². The standard InChI is InChI=1S/C15H39PSi3/c1-7-13(8-2)17-16(18-14(9-3)10-4)19-15(11-5)12-6/h13-15H,7-12,17-19H2,1-6H3. The molecule has 0 N–H and O–H groups in total. The SMILES string of the molecule is CCC(CC)[SiH2]P([SiH2]C(CC)CC)[SiH2]C(CC)CC. The van der Waals surface area contributed by atoms with Crippen molar-refractivity contribution >= 4 is 34.1 Å². The molecule has 0 saturated heterocycles. The van der Waals surface area contributed by atoms with Crippen LogP contribution in [0.25, 0.3) is 0 Å². The third-order valence-electron chi connectivity index (χ3n) is 5.01. The summed E-state index contributed by atoms with van der Waals surface area (Å²) >= 11 is 0. The highest BCUT2D eigenvalue weighted by Gasteiger charge is 2.21. The fraction of sp³-hybridized carbons (Fsp3) is 1.00. The summed E-state index contributed by atoms with van der Waals surface area (Å²) in [7, 11) is 0.914. The minimum atomic E-state index is 0.305. The topological polar surface area (TPSA) is 0 Å². The number of hydrogen-bond acceptors (Lipinski definition) is 0. The Morgan fingerprint density at radius 3 is 0.895 bits per heavy atom. The molecule has 0 heterocycles. The molecule has 0 unspecified atom stereocenters. The van der Waals surface area contributed by atoms with E-state index in [2.05, 4.69) is 41.5 Å². The number of rotatable bonds is 12. The van der Waals surface area contributed by atoms with Gasteiger partial charge in [0.05, 0.1) is 0 Å². The predicted octanol–water partition coefficient (Wildman–Crippen LogP) is 4.55. The Balaban J connectivity index is 4.51. The Bertz CT molecular complexity index is 157. The van der Waals surface area contributed by atoms with Crippen LogP contribution in [0.3, 0.4) is 0 Å². The van der Waals surface area contributed by atoms with Crippen LogP contribution in [-0.2, 0) is 0 Å². The second-order valence-electron chi connectivity index (χ2n) is 6.27. The minimum Gasteiger partial charge on any atom is -0.157 e. The molecule has 0 saturated carbocycles. The molecule has 0 fully saturated rings. The predicted molar refractivity (Wildman–Crippen MR) is 106 cm³/mol. The molecule has 0 aromatic rings. The van der Waals surface area contributed by atoms with E-state index in [1.54, 1.807) is 0 Å². The summed E-state index contributed by atoms with van der Waals surface area (Å²) in [4.78, 5) is 0. The van der Waals surface area contributed by atoms with Crippen molar-refractivity contribution in [1.29, 1.82) is 0 Å². The normalized spacial score (nSPS) is 15.6. The Labute approximate surface area is 131 Å². The van der Waals surface area contributed by atoms with Gasteiger partial charge in [0.25, 0.3) is 0 Å². The van der Waals surface area contributed by atoms with Crippen LogP contribution in [0.2, 0.25) is 16.6 Å². The van der Waals surface area contributed by atoms with E-state index in [0.717, 1.165) is 0 Å². The Morgan fingerprint density at radius 2 is 0.737 bits per heavy atom. The van der Waals surface area contributed by atoms with Crippen LogP contribution < -0.4 is 0 Å². The molecule has 0 spiro atoms. The summed E-state index contributed by atoms with van der Waals surface area (Å²) in [6.45, 7) is 15.4. The molecule has 0 aliphatic rings. The van der Waals surface area contributed by atoms with Gasteiger partial charge in [0.1, 0.15) is 0 Å². The van der Waals surface area contributed by atoms with Gasteiger partial charge >= 0.3 is 0 Å². The van der Waals surface area contributed by atoms with Crippen LogP contribution in [0, 0.1) is 0 Å². The van der Waals surface area contributed by atoms with E-state index in [4.69, 9.17) is 0 Å². The maximum Gasteiger partial charge on any atom is 0.0422 e. The summed E-state index contributed by atoms with van der Waals surface area (Å²) in [5.74, 6) is 0. The fourth-order valence-corrected chi connectivity index (χ4v) is 43.5. The lowest BCUT2D eigenvalue weighted by molar-refractivity contribution is 0.761. The molecule has 4 heteroatoms. The summed E-state index contributed by atoms with van der Waals surface area (Å²) in [5.41, 5.74) is 3.61. The first-order chi connectivity index (χ1) is 9.14. The van der Waals surface area contributed by atoms with Gasteiger partial charge in [-0.1, -0.05) is 80.1 Å². The summed E-state index contributed by atoms with van der Waals surface area (Å²) < 4.78 is 0. The lowest BCUT2D eigenvalue weighted by Crippen LogP contribution is -2.15. The highest BCUT2D eigenvalue weighted by molar-refractivity contribution is 8.23. The minimum absolute atomic E-state index is 0.305. The summed E-state index contributed by atoms with van der Waals surface area (Å²) in [5, 5.41) is 0. The van der Waals surface area contributed by atoms with E-state index in [-0.39, 0.29) is 0 Å². The maximum absolute atomic E-state index is 2.45. The van der Waals surface area contributed by atoms with Crippen molar-refractivity contribution in [3.8, 4) is 0 Å². The molecule has 19 heavy (non-hydrogen) atoms. The molecule has 0 aromatic heterocycles. The maximum atomic E-state index is 2.45. The van der Waals surface area contributed by atoms with Crippen molar-refractivity contribution in [3.05, 3.63) is 0 Å². The fourth-order valence-electron chi connectivity index (χ4n) is 2.96. The van der Waals surface area contributed by atoms with E-state index in [0.29, 0.717) is 34.1 Å². The first kappa shape index (κ1) is 20.1. The zero-order valence-electron chi connectivity index (χ0n) is 14.5. The van der Waals surface area contributed by atoms with Crippen LogP contribution in [0.4, 0.5) is 0 Å². The zero-order valence-corrected chi connectivity index (χ0v) is 19.7. The summed E-state index contributed by atoms with van der Waals surface area (Å²) in [6, 6.07) is 0. The second-order valence-corrected chi connectivity index (χ2v) is 31.6. The average molecular weight is 335 g/mol. The van der Waals surface area contributed by atoms with Gasteiger partial charge in [0, 0.05) is 27.6 Å². The molecule has 0 aliphatic carbocycles. The van der Waals surface area contributed by atoms with Crippen LogP contribution >= 0.6 is 6.57 Å². The lowest BCUT2D eigenvalue weighted by atomic mass is 10.3. The smallest absolute Gasteiger partial charge is 0.0422 e. The van der Waals surface area contributed by atoms with E-state index >= 15 is 0 Å². The van der Waals surface area contributed by atoms with Crippen LogP contribution in [0.5, 0.6) is 0 Å². The third-order valence-corrected chi connectivity index (χ3v) is 34.8. The molecule has 0 bridgehead atoms. The van der Waals surface area contributed by atoms with Gasteiger partial charge in [-0.25, -0.2) is 0 Å². The van der Waals surface area contributed by atoms with E-state index in [1.165, 1.54) is 55.1 Å². The van der Waals surface area contributed by atoms with E-state index < -0.39 is 0 Å². The Morgan fingerprint density at radius 1 is 0.526 bits per heavy atom. The van der Waals surface area contributed by atoms with Gasteiger partial charge in [-0.05, 0) is 16.6 Å². The van der Waals surface area contributed by atoms with Crippen molar-refractivity contribution < 1.29 is 0 Å². The first-order valence-electron chi connectivity index (χ1n) is 8.87. The quantitative estimate of drug-likeness (QED) is 0.363. The largest absolute Gasteiger partial charge is 0.157 e. The van der Waals surface area contributed by atoms with Crippen molar-refractivity contribution in [2.75, 3.05) is 0 Å². The van der Waals surface area contributed by atoms with Crippen molar-refractivity contribution in [3.63, 3.8) is 0 Å². The molecule has 0 aliphatic heterocycles. The number of hydrogen-bond donors (Lipinski definition) is 0. The highest BCUT2D eigenvalue weighted by Crippen LogP contribution is 2.44. The van der Waals surface area contributed by atoms with Gasteiger partial charge in [-0.15, -0.1) is 0 Å². The highest BCUT2D eigenvalue weighted by atomic mass is 31.8.